The summed E-state index contributed by atoms with van der Waals surface area (Å²) in [6.45, 7) is 2.23. The molecule has 0 N–H and O–H groups in total. The molecule has 0 radical (unpaired) electrons. The number of rotatable bonds is 7. The zero-order chi connectivity index (χ0) is 10.3. The van der Waals surface area contributed by atoms with Crippen LogP contribution in [0.5, 0.6) is 0 Å². The van der Waals surface area contributed by atoms with E-state index >= 15 is 0 Å². The number of methoxy groups -OCH3 is 2. The van der Waals surface area contributed by atoms with E-state index in [1.807, 2.05) is 0 Å². The summed E-state index contributed by atoms with van der Waals surface area (Å²) in [5, 5.41) is 0.985. The van der Waals surface area contributed by atoms with Gasteiger partial charge in [0.1, 0.15) is 0 Å². The molecule has 13 heavy (non-hydrogen) atoms. The Morgan fingerprint density at radius 1 is 1.15 bits per heavy atom. The number of hydrogen-bond acceptors (Lipinski definition) is 2. The lowest BCUT2D eigenvalue weighted by Crippen LogP contribution is -2.18. The number of ether oxygens (including phenoxy) is 2. The van der Waals surface area contributed by atoms with Crippen LogP contribution in [0.25, 0.3) is 0 Å². The van der Waals surface area contributed by atoms with Gasteiger partial charge in [-0.2, -0.15) is 0 Å². The van der Waals surface area contributed by atoms with E-state index in [1.54, 1.807) is 14.2 Å². The van der Waals surface area contributed by atoms with E-state index in [0.717, 1.165) is 18.2 Å². The fourth-order valence-electron chi connectivity index (χ4n) is 1.06. The van der Waals surface area contributed by atoms with E-state index in [0.29, 0.717) is 10.7 Å². The lowest BCUT2D eigenvalue weighted by molar-refractivity contribution is -0.108. The molecule has 0 aromatic heterocycles. The first-order valence-corrected chi connectivity index (χ1v) is 6.45. The van der Waals surface area contributed by atoms with Gasteiger partial charge in [0.2, 0.25) is 0 Å². The molecule has 0 aliphatic rings. The highest BCUT2D eigenvalue weighted by atomic mass is 79.9. The lowest BCUT2D eigenvalue weighted by atomic mass is 10.0. The molecule has 0 rings (SSSR count). The first-order valence-electron chi connectivity index (χ1n) is 4.41. The van der Waals surface area contributed by atoms with Gasteiger partial charge in [0.25, 0.3) is 0 Å². The number of halogens is 2. The SMILES string of the molecule is COC(CC[C@H](C)C(Br)CBr)OC. The second-order valence-electron chi connectivity index (χ2n) is 3.13. The van der Waals surface area contributed by atoms with Gasteiger partial charge in [0, 0.05) is 24.4 Å². The summed E-state index contributed by atoms with van der Waals surface area (Å²) >= 11 is 7.05. The maximum atomic E-state index is 5.11. The van der Waals surface area contributed by atoms with Crippen molar-refractivity contribution in [2.45, 2.75) is 30.9 Å². The van der Waals surface area contributed by atoms with E-state index in [9.17, 15) is 0 Å². The van der Waals surface area contributed by atoms with Gasteiger partial charge >= 0.3 is 0 Å². The van der Waals surface area contributed by atoms with Crippen LogP contribution in [0.3, 0.4) is 0 Å². The topological polar surface area (TPSA) is 18.5 Å². The predicted molar refractivity (Wildman–Crippen MR) is 62.7 cm³/mol. The normalized spacial score (nSPS) is 16.2. The Bertz CT molecular complexity index is 118. The highest BCUT2D eigenvalue weighted by molar-refractivity contribution is 9.12. The molecule has 0 amide bonds. The van der Waals surface area contributed by atoms with Crippen LogP contribution in [0, 0.1) is 5.92 Å². The van der Waals surface area contributed by atoms with Crippen LogP contribution in [0.15, 0.2) is 0 Å². The quantitative estimate of drug-likeness (QED) is 0.530. The van der Waals surface area contributed by atoms with Crippen molar-refractivity contribution in [1.29, 1.82) is 0 Å². The molecule has 0 aromatic rings. The zero-order valence-electron chi connectivity index (χ0n) is 8.43. The van der Waals surface area contributed by atoms with Crippen molar-refractivity contribution in [3.8, 4) is 0 Å². The Balaban J connectivity index is 3.61. The second kappa shape index (κ2) is 8.21. The van der Waals surface area contributed by atoms with E-state index < -0.39 is 0 Å². The molecule has 80 valence electrons. The summed E-state index contributed by atoms with van der Waals surface area (Å²) in [4.78, 5) is 0.530. The van der Waals surface area contributed by atoms with Crippen molar-refractivity contribution < 1.29 is 9.47 Å². The van der Waals surface area contributed by atoms with Crippen LogP contribution >= 0.6 is 31.9 Å². The maximum absolute atomic E-state index is 5.11. The molecule has 4 heteroatoms. The molecule has 0 aromatic carbocycles. The fraction of sp³-hybridized carbons (Fsp3) is 1.00. The standard InChI is InChI=1S/C9H18Br2O2/c1-7(8(11)6-10)4-5-9(12-2)13-3/h7-9H,4-6H2,1-3H3/t7-,8?/m0/s1. The van der Waals surface area contributed by atoms with Crippen molar-refractivity contribution in [3.63, 3.8) is 0 Å². The minimum absolute atomic E-state index is 0.0579. The first kappa shape index (κ1) is 13.9. The first-order chi connectivity index (χ1) is 6.15. The minimum Gasteiger partial charge on any atom is -0.356 e. The van der Waals surface area contributed by atoms with Gasteiger partial charge in [0.15, 0.2) is 6.29 Å². The summed E-state index contributed by atoms with van der Waals surface area (Å²) in [6, 6.07) is 0. The molecule has 2 atom stereocenters. The lowest BCUT2D eigenvalue weighted by Gasteiger charge is -2.19. The Morgan fingerprint density at radius 3 is 2.08 bits per heavy atom. The van der Waals surface area contributed by atoms with E-state index in [-0.39, 0.29) is 6.29 Å². The molecule has 2 nitrogen and oxygen atoms in total. The molecular weight excluding hydrogens is 300 g/mol. The van der Waals surface area contributed by atoms with Crippen LogP contribution in [-0.4, -0.2) is 30.7 Å². The van der Waals surface area contributed by atoms with Gasteiger partial charge in [-0.05, 0) is 18.8 Å². The van der Waals surface area contributed by atoms with E-state index in [2.05, 4.69) is 38.8 Å². The molecule has 0 aliphatic heterocycles. The monoisotopic (exact) mass is 316 g/mol. The van der Waals surface area contributed by atoms with Crippen molar-refractivity contribution in [1.82, 2.24) is 0 Å². The van der Waals surface area contributed by atoms with Crippen LogP contribution in [0.1, 0.15) is 19.8 Å². The average Bonchev–Trinajstić information content (AvgIpc) is 2.17. The third kappa shape index (κ3) is 6.05. The molecule has 0 saturated heterocycles. The summed E-state index contributed by atoms with van der Waals surface area (Å²) in [7, 11) is 3.35. The molecule has 0 spiro atoms. The van der Waals surface area contributed by atoms with Gasteiger partial charge < -0.3 is 9.47 Å². The van der Waals surface area contributed by atoms with Crippen molar-refractivity contribution in [2.24, 2.45) is 5.92 Å². The van der Waals surface area contributed by atoms with Crippen molar-refractivity contribution in [2.75, 3.05) is 19.5 Å². The zero-order valence-corrected chi connectivity index (χ0v) is 11.6. The molecule has 0 fully saturated rings. The van der Waals surface area contributed by atoms with Gasteiger partial charge in [-0.1, -0.05) is 38.8 Å². The molecule has 1 unspecified atom stereocenters. The third-order valence-electron chi connectivity index (χ3n) is 2.15. The smallest absolute Gasteiger partial charge is 0.156 e. The van der Waals surface area contributed by atoms with Crippen LogP contribution in [-0.2, 0) is 9.47 Å². The van der Waals surface area contributed by atoms with Crippen LogP contribution in [0.4, 0.5) is 0 Å². The van der Waals surface area contributed by atoms with Crippen molar-refractivity contribution >= 4 is 31.9 Å². The molecule has 0 aliphatic carbocycles. The van der Waals surface area contributed by atoms with E-state index in [1.165, 1.54) is 0 Å². The largest absolute Gasteiger partial charge is 0.356 e. The van der Waals surface area contributed by atoms with E-state index in [4.69, 9.17) is 9.47 Å². The van der Waals surface area contributed by atoms with Crippen LogP contribution < -0.4 is 0 Å². The van der Waals surface area contributed by atoms with Gasteiger partial charge in [-0.15, -0.1) is 0 Å². The van der Waals surface area contributed by atoms with Gasteiger partial charge in [0.05, 0.1) is 0 Å². The Morgan fingerprint density at radius 2 is 1.69 bits per heavy atom. The molecule has 0 saturated carbocycles. The van der Waals surface area contributed by atoms with Gasteiger partial charge in [-0.3, -0.25) is 0 Å². The summed E-state index contributed by atoms with van der Waals surface area (Å²) in [6.07, 6.45) is 1.99. The van der Waals surface area contributed by atoms with Crippen LogP contribution in [0.2, 0.25) is 0 Å². The summed E-state index contributed by atoms with van der Waals surface area (Å²) < 4.78 is 10.2. The molecule has 0 bridgehead atoms. The number of hydrogen-bond donors (Lipinski definition) is 0. The Kier molecular flexibility index (Phi) is 8.77. The highest BCUT2D eigenvalue weighted by Crippen LogP contribution is 2.21. The van der Waals surface area contributed by atoms with Gasteiger partial charge in [-0.25, -0.2) is 0 Å². The Hall–Kier alpha value is 0.880. The minimum atomic E-state index is -0.0579. The average molecular weight is 318 g/mol. The number of alkyl halides is 2. The summed E-state index contributed by atoms with van der Waals surface area (Å²) in [5.41, 5.74) is 0. The molecular formula is C9H18Br2O2. The fourth-order valence-corrected chi connectivity index (χ4v) is 1.97. The molecule has 0 heterocycles. The second-order valence-corrected chi connectivity index (χ2v) is 4.95. The highest BCUT2D eigenvalue weighted by Gasteiger charge is 2.14. The van der Waals surface area contributed by atoms with Crippen molar-refractivity contribution in [3.05, 3.63) is 0 Å². The summed E-state index contributed by atoms with van der Waals surface area (Å²) in [5.74, 6) is 0.632. The Labute approximate surface area is 97.6 Å². The maximum Gasteiger partial charge on any atom is 0.156 e. The third-order valence-corrected chi connectivity index (χ3v) is 4.94. The predicted octanol–water partition coefficient (Wildman–Crippen LogP) is 3.18.